The standard InChI is InChI=1S/C18H15NO3/c1-21-18(20)12-22-17-8-9-19-11-16(17)15-7-6-13-4-2-3-5-14(13)10-15/h2-11H,12H2,1H3. The van der Waals surface area contributed by atoms with Gasteiger partial charge in [-0.25, -0.2) is 4.79 Å². The minimum absolute atomic E-state index is 0.124. The van der Waals surface area contributed by atoms with Gasteiger partial charge in [0.15, 0.2) is 6.61 Å². The fourth-order valence-electron chi connectivity index (χ4n) is 2.28. The van der Waals surface area contributed by atoms with Gasteiger partial charge in [-0.3, -0.25) is 4.98 Å². The van der Waals surface area contributed by atoms with Gasteiger partial charge in [-0.1, -0.05) is 36.4 Å². The largest absolute Gasteiger partial charge is 0.481 e. The average molecular weight is 293 g/mol. The molecular formula is C18H15NO3. The van der Waals surface area contributed by atoms with E-state index in [1.54, 1.807) is 18.5 Å². The van der Waals surface area contributed by atoms with Crippen LogP contribution in [0.25, 0.3) is 21.9 Å². The molecule has 0 fully saturated rings. The SMILES string of the molecule is COC(=O)COc1ccncc1-c1ccc2ccccc2c1. The molecule has 1 heterocycles. The van der Waals surface area contributed by atoms with Crippen molar-refractivity contribution in [2.45, 2.75) is 0 Å². The molecular weight excluding hydrogens is 278 g/mol. The molecule has 4 nitrogen and oxygen atoms in total. The van der Waals surface area contributed by atoms with Crippen LogP contribution in [-0.2, 0) is 9.53 Å². The monoisotopic (exact) mass is 293 g/mol. The molecule has 0 saturated heterocycles. The number of aromatic nitrogens is 1. The van der Waals surface area contributed by atoms with Crippen molar-refractivity contribution in [2.24, 2.45) is 0 Å². The van der Waals surface area contributed by atoms with Crippen LogP contribution >= 0.6 is 0 Å². The fraction of sp³-hybridized carbons (Fsp3) is 0.111. The predicted octanol–water partition coefficient (Wildman–Crippen LogP) is 3.45. The summed E-state index contributed by atoms with van der Waals surface area (Å²) >= 11 is 0. The molecule has 3 rings (SSSR count). The molecule has 0 aliphatic carbocycles. The lowest BCUT2D eigenvalue weighted by atomic mass is 10.0. The van der Waals surface area contributed by atoms with E-state index in [0.717, 1.165) is 16.5 Å². The maximum Gasteiger partial charge on any atom is 0.343 e. The van der Waals surface area contributed by atoms with Crippen LogP contribution in [0.3, 0.4) is 0 Å². The number of hydrogen-bond acceptors (Lipinski definition) is 4. The number of carbonyl (C=O) groups excluding carboxylic acids is 1. The minimum atomic E-state index is -0.415. The van der Waals surface area contributed by atoms with E-state index < -0.39 is 5.97 Å². The number of esters is 1. The summed E-state index contributed by atoms with van der Waals surface area (Å²) in [5.74, 6) is 0.192. The van der Waals surface area contributed by atoms with Crippen molar-refractivity contribution in [2.75, 3.05) is 13.7 Å². The van der Waals surface area contributed by atoms with Gasteiger partial charge < -0.3 is 9.47 Å². The van der Waals surface area contributed by atoms with Crippen LogP contribution in [0.1, 0.15) is 0 Å². The molecule has 22 heavy (non-hydrogen) atoms. The lowest BCUT2D eigenvalue weighted by Crippen LogP contribution is -2.13. The molecule has 110 valence electrons. The molecule has 3 aromatic rings. The second-order valence-electron chi connectivity index (χ2n) is 4.80. The van der Waals surface area contributed by atoms with Crippen molar-refractivity contribution in [3.63, 3.8) is 0 Å². The molecule has 0 bridgehead atoms. The number of fused-ring (bicyclic) bond motifs is 1. The number of methoxy groups -OCH3 is 1. The average Bonchev–Trinajstić information content (AvgIpc) is 2.59. The van der Waals surface area contributed by atoms with Crippen LogP contribution in [0.15, 0.2) is 60.9 Å². The Morgan fingerprint density at radius 3 is 2.73 bits per heavy atom. The summed E-state index contributed by atoms with van der Waals surface area (Å²) in [5.41, 5.74) is 1.84. The van der Waals surface area contributed by atoms with Gasteiger partial charge in [0.05, 0.1) is 7.11 Å². The van der Waals surface area contributed by atoms with E-state index in [1.165, 1.54) is 12.5 Å². The van der Waals surface area contributed by atoms with Gasteiger partial charge >= 0.3 is 5.97 Å². The first kappa shape index (κ1) is 14.1. The van der Waals surface area contributed by atoms with E-state index in [1.807, 2.05) is 18.2 Å². The van der Waals surface area contributed by atoms with E-state index in [2.05, 4.69) is 34.0 Å². The molecule has 0 aliphatic heterocycles. The third-order valence-electron chi connectivity index (χ3n) is 3.41. The highest BCUT2D eigenvalue weighted by Crippen LogP contribution is 2.31. The lowest BCUT2D eigenvalue weighted by Gasteiger charge is -2.11. The summed E-state index contributed by atoms with van der Waals surface area (Å²) < 4.78 is 10.1. The van der Waals surface area contributed by atoms with Crippen LogP contribution in [-0.4, -0.2) is 24.7 Å². The smallest absolute Gasteiger partial charge is 0.343 e. The third kappa shape index (κ3) is 2.91. The Morgan fingerprint density at radius 1 is 1.09 bits per heavy atom. The zero-order chi connectivity index (χ0) is 15.4. The first-order valence-electron chi connectivity index (χ1n) is 6.91. The summed E-state index contributed by atoms with van der Waals surface area (Å²) in [4.78, 5) is 15.4. The van der Waals surface area contributed by atoms with Crippen LogP contribution < -0.4 is 4.74 Å². The maximum atomic E-state index is 11.2. The van der Waals surface area contributed by atoms with Gasteiger partial charge in [0.25, 0.3) is 0 Å². The highest BCUT2D eigenvalue weighted by Gasteiger charge is 2.09. The number of rotatable bonds is 4. The van der Waals surface area contributed by atoms with E-state index in [4.69, 9.17) is 4.74 Å². The Labute approximate surface area is 128 Å². The Hall–Kier alpha value is -2.88. The molecule has 0 saturated carbocycles. The lowest BCUT2D eigenvalue weighted by molar-refractivity contribution is -0.142. The summed E-state index contributed by atoms with van der Waals surface area (Å²) in [6.07, 6.45) is 3.37. The maximum absolute atomic E-state index is 11.2. The van der Waals surface area contributed by atoms with Crippen LogP contribution in [0.4, 0.5) is 0 Å². The molecule has 2 aromatic carbocycles. The summed E-state index contributed by atoms with van der Waals surface area (Å²) in [5, 5.41) is 2.31. The zero-order valence-electron chi connectivity index (χ0n) is 12.2. The normalized spacial score (nSPS) is 10.4. The number of benzene rings is 2. The van der Waals surface area contributed by atoms with E-state index in [9.17, 15) is 4.79 Å². The summed E-state index contributed by atoms with van der Waals surface area (Å²) in [6.45, 7) is -0.124. The second-order valence-corrected chi connectivity index (χ2v) is 4.80. The first-order valence-corrected chi connectivity index (χ1v) is 6.91. The third-order valence-corrected chi connectivity index (χ3v) is 3.41. The molecule has 1 aromatic heterocycles. The van der Waals surface area contributed by atoms with Gasteiger partial charge in [0.1, 0.15) is 5.75 Å². The second kappa shape index (κ2) is 6.26. The summed E-state index contributed by atoms with van der Waals surface area (Å²) in [7, 11) is 1.34. The van der Waals surface area contributed by atoms with Gasteiger partial charge in [-0.15, -0.1) is 0 Å². The topological polar surface area (TPSA) is 48.4 Å². The van der Waals surface area contributed by atoms with Crippen molar-refractivity contribution in [3.05, 3.63) is 60.9 Å². The first-order chi connectivity index (χ1) is 10.8. The van der Waals surface area contributed by atoms with Gasteiger partial charge in [-0.2, -0.15) is 0 Å². The highest BCUT2D eigenvalue weighted by atomic mass is 16.6. The number of carbonyl (C=O) groups is 1. The number of ether oxygens (including phenoxy) is 2. The van der Waals surface area contributed by atoms with E-state index >= 15 is 0 Å². The number of hydrogen-bond donors (Lipinski definition) is 0. The molecule has 4 heteroatoms. The van der Waals surface area contributed by atoms with E-state index in [0.29, 0.717) is 5.75 Å². The number of pyridine rings is 1. The van der Waals surface area contributed by atoms with Crippen LogP contribution in [0.5, 0.6) is 5.75 Å². The molecule has 0 unspecified atom stereocenters. The molecule has 0 radical (unpaired) electrons. The quantitative estimate of drug-likeness (QED) is 0.691. The van der Waals surface area contributed by atoms with Crippen molar-refractivity contribution in [3.8, 4) is 16.9 Å². The molecule has 0 aliphatic rings. The Kier molecular flexibility index (Phi) is 4.01. The molecule has 0 N–H and O–H groups in total. The Balaban J connectivity index is 1.97. The van der Waals surface area contributed by atoms with Crippen molar-refractivity contribution in [1.82, 2.24) is 4.98 Å². The highest BCUT2D eigenvalue weighted by molar-refractivity contribution is 5.88. The molecule has 0 atom stereocenters. The summed E-state index contributed by atoms with van der Waals surface area (Å²) in [6, 6.07) is 16.0. The number of nitrogens with zero attached hydrogens (tertiary/aromatic N) is 1. The zero-order valence-corrected chi connectivity index (χ0v) is 12.2. The van der Waals surface area contributed by atoms with E-state index in [-0.39, 0.29) is 6.61 Å². The van der Waals surface area contributed by atoms with Gasteiger partial charge in [0, 0.05) is 18.0 Å². The van der Waals surface area contributed by atoms with Crippen molar-refractivity contribution < 1.29 is 14.3 Å². The van der Waals surface area contributed by atoms with Gasteiger partial charge in [0.2, 0.25) is 0 Å². The fourth-order valence-corrected chi connectivity index (χ4v) is 2.28. The Morgan fingerprint density at radius 2 is 1.91 bits per heavy atom. The van der Waals surface area contributed by atoms with Crippen LogP contribution in [0, 0.1) is 0 Å². The van der Waals surface area contributed by atoms with Crippen molar-refractivity contribution in [1.29, 1.82) is 0 Å². The predicted molar refractivity (Wildman–Crippen MR) is 84.7 cm³/mol. The molecule has 0 amide bonds. The Bertz CT molecular complexity index is 814. The van der Waals surface area contributed by atoms with Crippen molar-refractivity contribution >= 4 is 16.7 Å². The minimum Gasteiger partial charge on any atom is -0.481 e. The van der Waals surface area contributed by atoms with Crippen LogP contribution in [0.2, 0.25) is 0 Å². The molecule has 0 spiro atoms. The van der Waals surface area contributed by atoms with Gasteiger partial charge in [-0.05, 0) is 28.5 Å².